The maximum atomic E-state index is 6.02. The van der Waals surface area contributed by atoms with Gasteiger partial charge >= 0.3 is 0 Å². The Labute approximate surface area is 80.8 Å². The molecule has 0 fully saturated rings. The Bertz CT molecular complexity index is 253. The molecule has 1 aliphatic rings. The molecule has 0 aromatic rings. The fraction of sp³-hybridized carbons (Fsp3) is 0.333. The normalized spacial score (nSPS) is 17.8. The Morgan fingerprint density at radius 1 is 1.67 bits per heavy atom. The molecule has 1 N–H and O–H groups in total. The summed E-state index contributed by atoms with van der Waals surface area (Å²) in [5, 5.41) is 5.09. The molecule has 0 aromatic heterocycles. The molecule has 1 rings (SSSR count). The Hall–Kier alpha value is -0.100. The van der Waals surface area contributed by atoms with E-state index in [-0.39, 0.29) is 0 Å². The minimum atomic E-state index is 0.843. The second-order valence-electron chi connectivity index (χ2n) is 2.73. The summed E-state index contributed by atoms with van der Waals surface area (Å²) in [6.07, 6.45) is 7.16. The van der Waals surface area contributed by atoms with Crippen LogP contribution in [0.4, 0.5) is 0 Å². The lowest BCUT2D eigenvalue weighted by molar-refractivity contribution is 0.895. The van der Waals surface area contributed by atoms with E-state index < -0.39 is 0 Å². The van der Waals surface area contributed by atoms with Crippen molar-refractivity contribution in [1.82, 2.24) is 5.32 Å². The second-order valence-corrected chi connectivity index (χ2v) is 3.83. The lowest BCUT2D eigenvalue weighted by atomic mass is 10.2. The van der Waals surface area contributed by atoms with Crippen LogP contribution in [0, 0.1) is 0 Å². The molecule has 1 nitrogen and oxygen atoms in total. The van der Waals surface area contributed by atoms with Crippen molar-refractivity contribution in [3.63, 3.8) is 0 Å². The Balaban J connectivity index is 2.81. The predicted octanol–water partition coefficient (Wildman–Crippen LogP) is 2.42. The summed E-state index contributed by atoms with van der Waals surface area (Å²) in [5.74, 6) is 0. The van der Waals surface area contributed by atoms with Gasteiger partial charge in [-0.2, -0.15) is 0 Å². The van der Waals surface area contributed by atoms with Gasteiger partial charge in [0.1, 0.15) is 0 Å². The van der Waals surface area contributed by atoms with Gasteiger partial charge in [-0.1, -0.05) is 23.8 Å². The van der Waals surface area contributed by atoms with Crippen LogP contribution in [0.2, 0.25) is 0 Å². The summed E-state index contributed by atoms with van der Waals surface area (Å²) < 4.78 is 0. The van der Waals surface area contributed by atoms with Crippen LogP contribution in [0.1, 0.15) is 6.42 Å². The highest BCUT2D eigenvalue weighted by Gasteiger charge is 2.01. The second kappa shape index (κ2) is 4.81. The van der Waals surface area contributed by atoms with Gasteiger partial charge in [0.25, 0.3) is 0 Å². The average Bonchev–Trinajstić information content (AvgIpc) is 2.16. The standard InChI is InChI=1S/C9H13ClNP/c1-11-6-7-3-2-4-9(12)8(10)5-7/h2-3,5,11H,4,6,12H2,1H3. The first kappa shape index (κ1) is 9.98. The molecular formula is C9H13ClNP. The first-order chi connectivity index (χ1) is 5.74. The summed E-state index contributed by atoms with van der Waals surface area (Å²) in [7, 11) is 4.59. The molecule has 0 aromatic carbocycles. The molecule has 0 saturated carbocycles. The van der Waals surface area contributed by atoms with Crippen molar-refractivity contribution < 1.29 is 0 Å². The minimum Gasteiger partial charge on any atom is -0.316 e. The van der Waals surface area contributed by atoms with Crippen molar-refractivity contribution in [1.29, 1.82) is 0 Å². The number of hydrogen-bond donors (Lipinski definition) is 1. The smallest absolute Gasteiger partial charge is 0.0443 e. The molecule has 1 unspecified atom stereocenters. The van der Waals surface area contributed by atoms with Crippen LogP contribution in [0.5, 0.6) is 0 Å². The summed E-state index contributed by atoms with van der Waals surface area (Å²) >= 11 is 6.02. The summed E-state index contributed by atoms with van der Waals surface area (Å²) in [6, 6.07) is 0. The van der Waals surface area contributed by atoms with Crippen LogP contribution in [0.3, 0.4) is 0 Å². The highest BCUT2D eigenvalue weighted by atomic mass is 35.5. The van der Waals surface area contributed by atoms with Gasteiger partial charge < -0.3 is 5.32 Å². The van der Waals surface area contributed by atoms with E-state index >= 15 is 0 Å². The van der Waals surface area contributed by atoms with Gasteiger partial charge in [-0.15, -0.1) is 9.24 Å². The largest absolute Gasteiger partial charge is 0.316 e. The Kier molecular flexibility index (Phi) is 4.00. The zero-order chi connectivity index (χ0) is 8.97. The maximum absolute atomic E-state index is 6.02. The van der Waals surface area contributed by atoms with E-state index in [1.807, 2.05) is 13.1 Å². The van der Waals surface area contributed by atoms with Crippen molar-refractivity contribution >= 4 is 20.8 Å². The number of hydrogen-bond acceptors (Lipinski definition) is 1. The zero-order valence-electron chi connectivity index (χ0n) is 7.10. The van der Waals surface area contributed by atoms with Crippen LogP contribution < -0.4 is 5.32 Å². The molecule has 0 amide bonds. The van der Waals surface area contributed by atoms with Crippen LogP contribution in [-0.4, -0.2) is 13.6 Å². The van der Waals surface area contributed by atoms with E-state index in [0.717, 1.165) is 23.3 Å². The summed E-state index contributed by atoms with van der Waals surface area (Å²) in [5.41, 5.74) is 1.22. The first-order valence-electron chi connectivity index (χ1n) is 3.90. The van der Waals surface area contributed by atoms with E-state index in [2.05, 4.69) is 26.7 Å². The van der Waals surface area contributed by atoms with Gasteiger partial charge in [0.15, 0.2) is 0 Å². The molecule has 12 heavy (non-hydrogen) atoms. The van der Waals surface area contributed by atoms with E-state index in [0.29, 0.717) is 0 Å². The predicted molar refractivity (Wildman–Crippen MR) is 58.4 cm³/mol. The fourth-order valence-electron chi connectivity index (χ4n) is 1.05. The van der Waals surface area contributed by atoms with Gasteiger partial charge in [-0.05, 0) is 30.4 Å². The number of likely N-dealkylation sites (N-methyl/N-ethyl adjacent to an activating group) is 1. The van der Waals surface area contributed by atoms with Crippen LogP contribution in [0.15, 0.2) is 34.1 Å². The molecule has 3 heteroatoms. The number of halogens is 1. The molecule has 0 bridgehead atoms. The third kappa shape index (κ3) is 2.75. The maximum Gasteiger partial charge on any atom is 0.0443 e. The van der Waals surface area contributed by atoms with Crippen LogP contribution in [0.25, 0.3) is 0 Å². The monoisotopic (exact) mass is 201 g/mol. The first-order valence-corrected chi connectivity index (χ1v) is 4.85. The van der Waals surface area contributed by atoms with Crippen molar-refractivity contribution in [2.75, 3.05) is 13.6 Å². The van der Waals surface area contributed by atoms with Crippen LogP contribution in [-0.2, 0) is 0 Å². The molecule has 0 aliphatic heterocycles. The van der Waals surface area contributed by atoms with E-state index in [1.54, 1.807) is 0 Å². The molecule has 1 aliphatic carbocycles. The summed E-state index contributed by atoms with van der Waals surface area (Å²) in [6.45, 7) is 0.866. The number of allylic oxidation sites excluding steroid dienone is 4. The molecule has 0 spiro atoms. The molecule has 0 radical (unpaired) electrons. The Morgan fingerprint density at radius 2 is 2.42 bits per heavy atom. The highest BCUT2D eigenvalue weighted by Crippen LogP contribution is 2.25. The highest BCUT2D eigenvalue weighted by molar-refractivity contribution is 7.22. The van der Waals surface area contributed by atoms with Crippen molar-refractivity contribution in [2.24, 2.45) is 0 Å². The number of nitrogens with one attached hydrogen (secondary N) is 1. The molecule has 0 saturated heterocycles. The van der Waals surface area contributed by atoms with Crippen molar-refractivity contribution in [2.45, 2.75) is 6.42 Å². The SMILES string of the molecule is CNCC1=CC(Cl)=C(P)CC=C1. The molecule has 0 heterocycles. The van der Waals surface area contributed by atoms with Gasteiger partial charge in [-0.25, -0.2) is 0 Å². The average molecular weight is 202 g/mol. The Morgan fingerprint density at radius 3 is 3.08 bits per heavy atom. The van der Waals surface area contributed by atoms with Crippen molar-refractivity contribution in [3.8, 4) is 0 Å². The van der Waals surface area contributed by atoms with E-state index in [9.17, 15) is 0 Å². The molecular weight excluding hydrogens is 189 g/mol. The molecule has 66 valence electrons. The van der Waals surface area contributed by atoms with Gasteiger partial charge in [0, 0.05) is 11.6 Å². The lowest BCUT2D eigenvalue weighted by Crippen LogP contribution is -2.08. The third-order valence-electron chi connectivity index (χ3n) is 1.67. The minimum absolute atomic E-state index is 0.843. The van der Waals surface area contributed by atoms with Gasteiger partial charge in [0.2, 0.25) is 0 Å². The lowest BCUT2D eigenvalue weighted by Gasteiger charge is -1.98. The van der Waals surface area contributed by atoms with Crippen molar-refractivity contribution in [3.05, 3.63) is 34.1 Å². The quantitative estimate of drug-likeness (QED) is 0.677. The topological polar surface area (TPSA) is 12.0 Å². The fourth-order valence-corrected chi connectivity index (χ4v) is 1.49. The summed E-state index contributed by atoms with van der Waals surface area (Å²) in [4.78, 5) is 0. The van der Waals surface area contributed by atoms with E-state index in [1.165, 1.54) is 5.57 Å². The third-order valence-corrected chi connectivity index (χ3v) is 2.75. The van der Waals surface area contributed by atoms with E-state index in [4.69, 9.17) is 11.6 Å². The molecule has 1 atom stereocenters. The van der Waals surface area contributed by atoms with Gasteiger partial charge in [0.05, 0.1) is 0 Å². The number of rotatable bonds is 2. The van der Waals surface area contributed by atoms with Crippen LogP contribution >= 0.6 is 20.8 Å². The zero-order valence-corrected chi connectivity index (χ0v) is 9.01. The van der Waals surface area contributed by atoms with Gasteiger partial charge in [-0.3, -0.25) is 0 Å².